The molecular weight excluding hydrogens is 360 g/mol. The molecule has 2 aromatic rings. The van der Waals surface area contributed by atoms with Crippen molar-refractivity contribution < 1.29 is 9.53 Å². The first kappa shape index (κ1) is 19.6. The van der Waals surface area contributed by atoms with Crippen molar-refractivity contribution in [3.63, 3.8) is 0 Å². The van der Waals surface area contributed by atoms with Gasteiger partial charge in [0, 0.05) is 43.0 Å². The second kappa shape index (κ2) is 9.17. The molecule has 3 rings (SSSR count). The minimum atomic E-state index is 0.111. The highest BCUT2D eigenvalue weighted by Crippen LogP contribution is 2.26. The van der Waals surface area contributed by atoms with Gasteiger partial charge < -0.3 is 15.0 Å². The molecule has 0 radical (unpaired) electrons. The number of nitrogens with one attached hydrogen (secondary N) is 1. The topological polar surface area (TPSA) is 67.4 Å². The van der Waals surface area contributed by atoms with E-state index in [2.05, 4.69) is 34.5 Å². The van der Waals surface area contributed by atoms with Crippen LogP contribution in [0.2, 0.25) is 0 Å². The number of benzene rings is 1. The fourth-order valence-corrected chi connectivity index (χ4v) is 3.94. The molecular formula is C20H28N4O2S. The van der Waals surface area contributed by atoms with Crippen LogP contribution < -0.4 is 15.0 Å². The summed E-state index contributed by atoms with van der Waals surface area (Å²) < 4.78 is 9.79. The van der Waals surface area contributed by atoms with Gasteiger partial charge in [-0.25, -0.2) is 4.98 Å². The number of ether oxygens (including phenoxy) is 1. The maximum Gasteiger partial charge on any atom is 0.223 e. The summed E-state index contributed by atoms with van der Waals surface area (Å²) in [6, 6.07) is 8.24. The highest BCUT2D eigenvalue weighted by Gasteiger charge is 2.27. The molecule has 1 fully saturated rings. The SMILES string of the molecule is CC[C@H](C)NC(=O)C1CCN(c2nc(Cc3cccc(OC)c3)ns2)CC1. The van der Waals surface area contributed by atoms with Crippen LogP contribution in [0, 0.1) is 5.92 Å². The van der Waals surface area contributed by atoms with Gasteiger partial charge in [0.2, 0.25) is 11.0 Å². The number of carbonyl (C=O) groups excluding carboxylic acids is 1. The first-order valence-corrected chi connectivity index (χ1v) is 10.4. The van der Waals surface area contributed by atoms with Crippen LogP contribution in [0.25, 0.3) is 0 Å². The lowest BCUT2D eigenvalue weighted by atomic mass is 9.96. The molecule has 27 heavy (non-hydrogen) atoms. The first-order chi connectivity index (χ1) is 13.1. The summed E-state index contributed by atoms with van der Waals surface area (Å²) in [6.07, 6.45) is 3.40. The van der Waals surface area contributed by atoms with Crippen LogP contribution >= 0.6 is 11.5 Å². The molecule has 1 amide bonds. The van der Waals surface area contributed by atoms with Crippen molar-refractivity contribution in [3.8, 4) is 5.75 Å². The zero-order chi connectivity index (χ0) is 19.2. The van der Waals surface area contributed by atoms with Gasteiger partial charge in [0.25, 0.3) is 0 Å². The Kier molecular flexibility index (Phi) is 6.66. The molecule has 1 N–H and O–H groups in total. The van der Waals surface area contributed by atoms with E-state index in [0.29, 0.717) is 6.42 Å². The lowest BCUT2D eigenvalue weighted by molar-refractivity contribution is -0.126. The van der Waals surface area contributed by atoms with Gasteiger partial charge in [-0.3, -0.25) is 4.79 Å². The zero-order valence-electron chi connectivity index (χ0n) is 16.3. The average Bonchev–Trinajstić information content (AvgIpc) is 3.16. The summed E-state index contributed by atoms with van der Waals surface area (Å²) >= 11 is 1.44. The molecule has 0 aliphatic carbocycles. The van der Waals surface area contributed by atoms with Gasteiger partial charge in [-0.2, -0.15) is 4.37 Å². The molecule has 1 aromatic carbocycles. The van der Waals surface area contributed by atoms with Crippen molar-refractivity contribution in [1.29, 1.82) is 0 Å². The summed E-state index contributed by atoms with van der Waals surface area (Å²) in [5.74, 6) is 1.99. The van der Waals surface area contributed by atoms with E-state index >= 15 is 0 Å². The number of methoxy groups -OCH3 is 1. The molecule has 1 aliphatic rings. The highest BCUT2D eigenvalue weighted by atomic mass is 32.1. The smallest absolute Gasteiger partial charge is 0.223 e. The van der Waals surface area contributed by atoms with E-state index in [1.54, 1.807) is 7.11 Å². The predicted molar refractivity (Wildman–Crippen MR) is 109 cm³/mol. The summed E-state index contributed by atoms with van der Waals surface area (Å²) in [6.45, 7) is 5.85. The number of rotatable bonds is 7. The third kappa shape index (κ3) is 5.19. The summed E-state index contributed by atoms with van der Waals surface area (Å²) in [7, 11) is 1.67. The average molecular weight is 389 g/mol. The highest BCUT2D eigenvalue weighted by molar-refractivity contribution is 7.09. The van der Waals surface area contributed by atoms with Crippen LogP contribution in [0.3, 0.4) is 0 Å². The maximum absolute atomic E-state index is 12.3. The largest absolute Gasteiger partial charge is 0.497 e. The van der Waals surface area contributed by atoms with Crippen molar-refractivity contribution in [2.75, 3.05) is 25.1 Å². The molecule has 1 aliphatic heterocycles. The fraction of sp³-hybridized carbons (Fsp3) is 0.550. The van der Waals surface area contributed by atoms with Gasteiger partial charge in [-0.15, -0.1) is 0 Å². The van der Waals surface area contributed by atoms with Crippen molar-refractivity contribution in [2.45, 2.75) is 45.6 Å². The van der Waals surface area contributed by atoms with E-state index in [1.807, 2.05) is 18.2 Å². The number of piperidine rings is 1. The number of carbonyl (C=O) groups is 1. The van der Waals surface area contributed by atoms with Gasteiger partial charge in [-0.05, 0) is 43.9 Å². The molecule has 0 unspecified atom stereocenters. The van der Waals surface area contributed by atoms with E-state index < -0.39 is 0 Å². The Hall–Kier alpha value is -2.15. The molecule has 6 nitrogen and oxygen atoms in total. The van der Waals surface area contributed by atoms with Gasteiger partial charge >= 0.3 is 0 Å². The molecule has 0 bridgehead atoms. The van der Waals surface area contributed by atoms with Gasteiger partial charge in [0.05, 0.1) is 7.11 Å². The van der Waals surface area contributed by atoms with Gasteiger partial charge in [-0.1, -0.05) is 19.1 Å². The van der Waals surface area contributed by atoms with Crippen LogP contribution in [0.1, 0.15) is 44.5 Å². The van der Waals surface area contributed by atoms with Crippen molar-refractivity contribution in [1.82, 2.24) is 14.7 Å². The normalized spacial score (nSPS) is 16.2. The molecule has 0 spiro atoms. The lowest BCUT2D eigenvalue weighted by Gasteiger charge is -2.31. The third-order valence-electron chi connectivity index (χ3n) is 5.09. The predicted octanol–water partition coefficient (Wildman–Crippen LogP) is 3.27. The van der Waals surface area contributed by atoms with Gasteiger partial charge in [0.15, 0.2) is 0 Å². The quantitative estimate of drug-likeness (QED) is 0.788. The number of nitrogens with zero attached hydrogens (tertiary/aromatic N) is 3. The maximum atomic E-state index is 12.3. The summed E-state index contributed by atoms with van der Waals surface area (Å²) in [4.78, 5) is 19.3. The second-order valence-corrected chi connectivity index (χ2v) is 7.83. The molecule has 146 valence electrons. The first-order valence-electron chi connectivity index (χ1n) is 9.60. The van der Waals surface area contributed by atoms with Gasteiger partial charge in [0.1, 0.15) is 11.6 Å². The van der Waals surface area contributed by atoms with E-state index in [4.69, 9.17) is 9.72 Å². The number of aromatic nitrogens is 2. The standard InChI is InChI=1S/C20H28N4O2S/c1-4-14(2)21-19(25)16-8-10-24(11-9-16)20-22-18(23-27-20)13-15-6-5-7-17(12-15)26-3/h5-7,12,14,16H,4,8-11,13H2,1-3H3,(H,21,25)/t14-/m0/s1. The molecule has 2 heterocycles. The van der Waals surface area contributed by atoms with E-state index in [-0.39, 0.29) is 17.9 Å². The van der Waals surface area contributed by atoms with Crippen LogP contribution in [0.15, 0.2) is 24.3 Å². The third-order valence-corrected chi connectivity index (χ3v) is 5.91. The van der Waals surface area contributed by atoms with Crippen LogP contribution in [0.5, 0.6) is 5.75 Å². The molecule has 1 atom stereocenters. The van der Waals surface area contributed by atoms with E-state index in [0.717, 1.165) is 54.6 Å². The fourth-order valence-electron chi connectivity index (χ4n) is 3.21. The summed E-state index contributed by atoms with van der Waals surface area (Å²) in [5, 5.41) is 4.05. The molecule has 1 saturated heterocycles. The van der Waals surface area contributed by atoms with Crippen molar-refractivity contribution in [3.05, 3.63) is 35.7 Å². The van der Waals surface area contributed by atoms with E-state index in [1.165, 1.54) is 11.5 Å². The van der Waals surface area contributed by atoms with Crippen molar-refractivity contribution >= 4 is 22.6 Å². The van der Waals surface area contributed by atoms with Crippen LogP contribution in [-0.4, -0.2) is 41.5 Å². The summed E-state index contributed by atoms with van der Waals surface area (Å²) in [5.41, 5.74) is 1.14. The molecule has 1 aromatic heterocycles. The van der Waals surface area contributed by atoms with Crippen LogP contribution in [0.4, 0.5) is 5.13 Å². The minimum Gasteiger partial charge on any atom is -0.497 e. The number of hydrogen-bond donors (Lipinski definition) is 1. The monoisotopic (exact) mass is 388 g/mol. The Bertz CT molecular complexity index is 756. The zero-order valence-corrected chi connectivity index (χ0v) is 17.1. The number of anilines is 1. The molecule has 0 saturated carbocycles. The Morgan fingerprint density at radius 1 is 1.41 bits per heavy atom. The molecule has 7 heteroatoms. The Labute approximate surface area is 165 Å². The second-order valence-electron chi connectivity index (χ2n) is 7.10. The lowest BCUT2D eigenvalue weighted by Crippen LogP contribution is -2.43. The Morgan fingerprint density at radius 2 is 2.19 bits per heavy atom. The van der Waals surface area contributed by atoms with Crippen LogP contribution in [-0.2, 0) is 11.2 Å². The minimum absolute atomic E-state index is 0.111. The Balaban J connectivity index is 1.54. The van der Waals surface area contributed by atoms with E-state index in [9.17, 15) is 4.79 Å². The number of hydrogen-bond acceptors (Lipinski definition) is 6. The number of amides is 1. The van der Waals surface area contributed by atoms with Crippen molar-refractivity contribution in [2.24, 2.45) is 5.92 Å². The Morgan fingerprint density at radius 3 is 2.89 bits per heavy atom.